The van der Waals surface area contributed by atoms with Crippen molar-refractivity contribution in [2.45, 2.75) is 26.2 Å². The zero-order chi connectivity index (χ0) is 16.2. The standard InChI is InChI=1S/C18H22N2O2S/c1-13(2)15-5-3-14(4-6-15)11-16-12-17(22-19-16)18(21)20-7-9-23-10-8-20/h3-6,12-13H,7-11H2,1-2H3. The van der Waals surface area contributed by atoms with Crippen molar-refractivity contribution in [2.75, 3.05) is 24.6 Å². The smallest absolute Gasteiger partial charge is 0.292 e. The van der Waals surface area contributed by atoms with Crippen molar-refractivity contribution < 1.29 is 9.32 Å². The second kappa shape index (κ2) is 7.21. The first-order valence-corrected chi connectivity index (χ1v) is 9.20. The molecule has 2 heterocycles. The number of carbonyl (C=O) groups is 1. The van der Waals surface area contributed by atoms with Crippen molar-refractivity contribution >= 4 is 17.7 Å². The van der Waals surface area contributed by atoms with Crippen molar-refractivity contribution in [3.05, 3.63) is 52.9 Å². The van der Waals surface area contributed by atoms with Crippen LogP contribution in [0, 0.1) is 0 Å². The molecule has 1 amide bonds. The van der Waals surface area contributed by atoms with E-state index in [0.29, 0.717) is 18.1 Å². The minimum Gasteiger partial charge on any atom is -0.351 e. The van der Waals surface area contributed by atoms with Gasteiger partial charge in [0, 0.05) is 37.1 Å². The van der Waals surface area contributed by atoms with Gasteiger partial charge < -0.3 is 9.42 Å². The van der Waals surface area contributed by atoms with Crippen LogP contribution in [0.15, 0.2) is 34.9 Å². The molecular weight excluding hydrogens is 308 g/mol. The average Bonchev–Trinajstić information content (AvgIpc) is 3.04. The highest BCUT2D eigenvalue weighted by Crippen LogP contribution is 2.18. The molecule has 0 radical (unpaired) electrons. The number of benzene rings is 1. The van der Waals surface area contributed by atoms with Crippen molar-refractivity contribution in [2.24, 2.45) is 0 Å². The Morgan fingerprint density at radius 1 is 1.26 bits per heavy atom. The van der Waals surface area contributed by atoms with E-state index in [1.165, 1.54) is 11.1 Å². The first kappa shape index (κ1) is 16.1. The third-order valence-corrected chi connectivity index (χ3v) is 5.04. The molecule has 0 spiro atoms. The Kier molecular flexibility index (Phi) is 5.06. The average molecular weight is 330 g/mol. The molecule has 0 saturated carbocycles. The Morgan fingerprint density at radius 2 is 1.96 bits per heavy atom. The third kappa shape index (κ3) is 3.96. The van der Waals surface area contributed by atoms with Gasteiger partial charge in [-0.25, -0.2) is 0 Å². The quantitative estimate of drug-likeness (QED) is 0.860. The Hall–Kier alpha value is -1.75. The van der Waals surface area contributed by atoms with Gasteiger partial charge >= 0.3 is 0 Å². The van der Waals surface area contributed by atoms with Crippen LogP contribution in [0.1, 0.15) is 47.1 Å². The molecule has 2 aromatic rings. The normalized spacial score (nSPS) is 15.2. The summed E-state index contributed by atoms with van der Waals surface area (Å²) in [5, 5.41) is 4.06. The summed E-state index contributed by atoms with van der Waals surface area (Å²) in [6.07, 6.45) is 0.686. The van der Waals surface area contributed by atoms with Crippen LogP contribution in [0.3, 0.4) is 0 Å². The summed E-state index contributed by atoms with van der Waals surface area (Å²) in [6.45, 7) is 5.94. The molecule has 4 nitrogen and oxygen atoms in total. The SMILES string of the molecule is CC(C)c1ccc(Cc2cc(C(=O)N3CCSCC3)on2)cc1. The Morgan fingerprint density at radius 3 is 2.61 bits per heavy atom. The summed E-state index contributed by atoms with van der Waals surface area (Å²) in [7, 11) is 0. The molecule has 0 bridgehead atoms. The van der Waals surface area contributed by atoms with E-state index in [2.05, 4.69) is 43.3 Å². The van der Waals surface area contributed by atoms with E-state index >= 15 is 0 Å². The van der Waals surface area contributed by atoms with Gasteiger partial charge in [-0.05, 0) is 17.0 Å². The predicted molar refractivity (Wildman–Crippen MR) is 93.1 cm³/mol. The van der Waals surface area contributed by atoms with Crippen LogP contribution in [-0.4, -0.2) is 40.6 Å². The van der Waals surface area contributed by atoms with Crippen LogP contribution >= 0.6 is 11.8 Å². The number of nitrogens with zero attached hydrogens (tertiary/aromatic N) is 2. The van der Waals surface area contributed by atoms with Crippen molar-refractivity contribution in [3.8, 4) is 0 Å². The lowest BCUT2D eigenvalue weighted by atomic mass is 10.0. The Labute approximate surface area is 141 Å². The summed E-state index contributed by atoms with van der Waals surface area (Å²) in [5.74, 6) is 2.83. The van der Waals surface area contributed by atoms with E-state index in [1.807, 2.05) is 16.7 Å². The molecule has 122 valence electrons. The van der Waals surface area contributed by atoms with Gasteiger partial charge in [0.15, 0.2) is 0 Å². The van der Waals surface area contributed by atoms with Crippen LogP contribution in [0.5, 0.6) is 0 Å². The lowest BCUT2D eigenvalue weighted by molar-refractivity contribution is 0.0730. The van der Waals surface area contributed by atoms with E-state index in [-0.39, 0.29) is 5.91 Å². The maximum Gasteiger partial charge on any atom is 0.292 e. The van der Waals surface area contributed by atoms with Gasteiger partial charge in [0.2, 0.25) is 5.76 Å². The van der Waals surface area contributed by atoms with Crippen LogP contribution in [0.25, 0.3) is 0 Å². The van der Waals surface area contributed by atoms with Gasteiger partial charge in [-0.1, -0.05) is 43.3 Å². The maximum absolute atomic E-state index is 12.4. The number of amides is 1. The lowest BCUT2D eigenvalue weighted by Gasteiger charge is -2.25. The molecule has 0 unspecified atom stereocenters. The predicted octanol–water partition coefficient (Wildman–Crippen LogP) is 3.58. The zero-order valence-electron chi connectivity index (χ0n) is 13.6. The Bertz CT molecular complexity index is 658. The molecule has 1 aromatic carbocycles. The van der Waals surface area contributed by atoms with E-state index < -0.39 is 0 Å². The molecular formula is C18H22N2O2S. The van der Waals surface area contributed by atoms with Crippen LogP contribution in [0.2, 0.25) is 0 Å². The fourth-order valence-corrected chi connectivity index (χ4v) is 3.55. The summed E-state index contributed by atoms with van der Waals surface area (Å²) in [4.78, 5) is 14.2. The molecule has 3 rings (SSSR count). The summed E-state index contributed by atoms with van der Waals surface area (Å²) >= 11 is 1.88. The van der Waals surface area contributed by atoms with Gasteiger partial charge in [-0.2, -0.15) is 11.8 Å². The minimum absolute atomic E-state index is 0.0424. The molecule has 1 aliphatic heterocycles. The van der Waals surface area contributed by atoms with Crippen molar-refractivity contribution in [3.63, 3.8) is 0 Å². The van der Waals surface area contributed by atoms with E-state index in [9.17, 15) is 4.79 Å². The fraction of sp³-hybridized carbons (Fsp3) is 0.444. The number of thioether (sulfide) groups is 1. The molecule has 1 aromatic heterocycles. The molecule has 0 N–H and O–H groups in total. The third-order valence-electron chi connectivity index (χ3n) is 4.10. The number of hydrogen-bond acceptors (Lipinski definition) is 4. The first-order valence-electron chi connectivity index (χ1n) is 8.05. The monoisotopic (exact) mass is 330 g/mol. The molecule has 1 aliphatic rings. The van der Waals surface area contributed by atoms with Crippen LogP contribution < -0.4 is 0 Å². The molecule has 0 aliphatic carbocycles. The highest BCUT2D eigenvalue weighted by molar-refractivity contribution is 7.99. The van der Waals surface area contributed by atoms with Crippen molar-refractivity contribution in [1.29, 1.82) is 0 Å². The second-order valence-corrected chi connectivity index (χ2v) is 7.38. The van der Waals surface area contributed by atoms with E-state index in [0.717, 1.165) is 30.3 Å². The van der Waals surface area contributed by atoms with Gasteiger partial charge in [-0.3, -0.25) is 4.79 Å². The first-order chi connectivity index (χ1) is 11.1. The summed E-state index contributed by atoms with van der Waals surface area (Å²) < 4.78 is 5.27. The molecule has 1 saturated heterocycles. The van der Waals surface area contributed by atoms with Gasteiger partial charge in [0.25, 0.3) is 5.91 Å². The largest absolute Gasteiger partial charge is 0.351 e. The summed E-state index contributed by atoms with van der Waals surface area (Å²) in [6, 6.07) is 10.3. The lowest BCUT2D eigenvalue weighted by Crippen LogP contribution is -2.37. The van der Waals surface area contributed by atoms with Gasteiger partial charge in [-0.15, -0.1) is 0 Å². The Balaban J connectivity index is 1.65. The molecule has 5 heteroatoms. The van der Waals surface area contributed by atoms with Gasteiger partial charge in [0.1, 0.15) is 0 Å². The molecule has 0 atom stereocenters. The zero-order valence-corrected chi connectivity index (χ0v) is 14.4. The summed E-state index contributed by atoms with van der Waals surface area (Å²) in [5.41, 5.74) is 3.31. The molecule has 23 heavy (non-hydrogen) atoms. The second-order valence-electron chi connectivity index (χ2n) is 6.16. The van der Waals surface area contributed by atoms with Crippen LogP contribution in [-0.2, 0) is 6.42 Å². The number of rotatable bonds is 4. The maximum atomic E-state index is 12.4. The minimum atomic E-state index is -0.0424. The number of carbonyl (C=O) groups excluding carboxylic acids is 1. The van der Waals surface area contributed by atoms with Crippen LogP contribution in [0.4, 0.5) is 0 Å². The molecule has 1 fully saturated rings. The van der Waals surface area contributed by atoms with Gasteiger partial charge in [0.05, 0.1) is 5.69 Å². The fourth-order valence-electron chi connectivity index (χ4n) is 2.65. The van der Waals surface area contributed by atoms with E-state index in [4.69, 9.17) is 4.52 Å². The number of hydrogen-bond donors (Lipinski definition) is 0. The van der Waals surface area contributed by atoms with Crippen molar-refractivity contribution in [1.82, 2.24) is 10.1 Å². The highest BCUT2D eigenvalue weighted by atomic mass is 32.2. The topological polar surface area (TPSA) is 46.3 Å². The number of aromatic nitrogens is 1. The highest BCUT2D eigenvalue weighted by Gasteiger charge is 2.22. The van der Waals surface area contributed by atoms with E-state index in [1.54, 1.807) is 6.07 Å².